The lowest BCUT2D eigenvalue weighted by Gasteiger charge is -2.18. The molecule has 1 saturated heterocycles. The molecule has 0 aliphatic carbocycles. The van der Waals surface area contributed by atoms with Crippen LogP contribution in [0.5, 0.6) is 0 Å². The normalized spacial score (nSPS) is 20.6. The van der Waals surface area contributed by atoms with Gasteiger partial charge in [-0.1, -0.05) is 12.1 Å². The number of rotatable bonds is 3. The highest BCUT2D eigenvalue weighted by molar-refractivity contribution is 5.60. The molecular weight excluding hydrogens is 242 g/mol. The summed E-state index contributed by atoms with van der Waals surface area (Å²) < 4.78 is 7.31. The number of nitrogens with zero attached hydrogens (tertiary/aromatic N) is 4. The number of aromatic nitrogens is 4. The number of anilines is 1. The largest absolute Gasteiger partial charge is 0.399 e. The van der Waals surface area contributed by atoms with Crippen molar-refractivity contribution in [3.05, 3.63) is 24.3 Å². The monoisotopic (exact) mass is 259 g/mol. The van der Waals surface area contributed by atoms with Crippen molar-refractivity contribution < 1.29 is 4.74 Å². The van der Waals surface area contributed by atoms with Crippen molar-refractivity contribution in [2.24, 2.45) is 5.92 Å². The van der Waals surface area contributed by atoms with E-state index in [1.165, 1.54) is 0 Å². The van der Waals surface area contributed by atoms with E-state index < -0.39 is 0 Å². The van der Waals surface area contributed by atoms with Crippen LogP contribution in [0.25, 0.3) is 11.4 Å². The Morgan fingerprint density at radius 3 is 3.11 bits per heavy atom. The molecule has 0 bridgehead atoms. The molecule has 1 aliphatic heterocycles. The van der Waals surface area contributed by atoms with Gasteiger partial charge in [0.1, 0.15) is 0 Å². The van der Waals surface area contributed by atoms with Crippen LogP contribution in [-0.2, 0) is 4.74 Å². The van der Waals surface area contributed by atoms with Gasteiger partial charge < -0.3 is 10.5 Å². The van der Waals surface area contributed by atoms with Gasteiger partial charge in [-0.3, -0.25) is 0 Å². The summed E-state index contributed by atoms with van der Waals surface area (Å²) in [5, 5.41) is 12.1. The Labute approximate surface area is 111 Å². The second kappa shape index (κ2) is 4.97. The third-order valence-electron chi connectivity index (χ3n) is 3.67. The number of hydrogen-bond acceptors (Lipinski definition) is 5. The van der Waals surface area contributed by atoms with Gasteiger partial charge in [-0.05, 0) is 35.9 Å². The minimum Gasteiger partial charge on any atom is -0.399 e. The third kappa shape index (κ3) is 2.31. The maximum atomic E-state index is 5.82. The first-order chi connectivity index (χ1) is 9.25. The minimum atomic E-state index is 0.217. The summed E-state index contributed by atoms with van der Waals surface area (Å²) in [6.07, 6.45) is 1.05. The van der Waals surface area contributed by atoms with Crippen molar-refractivity contribution in [2.45, 2.75) is 19.4 Å². The van der Waals surface area contributed by atoms with Crippen molar-refractivity contribution in [1.29, 1.82) is 0 Å². The molecule has 1 aliphatic rings. The molecule has 0 spiro atoms. The predicted molar refractivity (Wildman–Crippen MR) is 71.3 cm³/mol. The number of nitrogen functional groups attached to an aromatic ring is 1. The summed E-state index contributed by atoms with van der Waals surface area (Å²) in [5.74, 6) is 1.22. The Hall–Kier alpha value is -1.95. The number of benzene rings is 1. The molecule has 2 aromatic rings. The second-order valence-corrected chi connectivity index (χ2v) is 4.94. The van der Waals surface area contributed by atoms with Crippen LogP contribution >= 0.6 is 0 Å². The maximum absolute atomic E-state index is 5.82. The van der Waals surface area contributed by atoms with Crippen molar-refractivity contribution in [3.8, 4) is 11.4 Å². The molecule has 0 radical (unpaired) electrons. The summed E-state index contributed by atoms with van der Waals surface area (Å²) >= 11 is 0. The minimum absolute atomic E-state index is 0.217. The van der Waals surface area contributed by atoms with Crippen molar-refractivity contribution >= 4 is 5.69 Å². The molecule has 6 heteroatoms. The molecule has 0 amide bonds. The molecule has 1 aromatic carbocycles. The van der Waals surface area contributed by atoms with Gasteiger partial charge in [-0.25, -0.2) is 4.68 Å². The summed E-state index contributed by atoms with van der Waals surface area (Å²) in [4.78, 5) is 0. The van der Waals surface area contributed by atoms with E-state index in [-0.39, 0.29) is 6.04 Å². The van der Waals surface area contributed by atoms with Crippen LogP contribution < -0.4 is 5.73 Å². The van der Waals surface area contributed by atoms with Gasteiger partial charge in [-0.2, -0.15) is 0 Å². The van der Waals surface area contributed by atoms with Gasteiger partial charge in [0.15, 0.2) is 5.82 Å². The first kappa shape index (κ1) is 12.1. The number of nitrogens with two attached hydrogens (primary N) is 1. The predicted octanol–water partition coefficient (Wildman–Crippen LogP) is 1.52. The Balaban J connectivity index is 1.93. The van der Waals surface area contributed by atoms with E-state index in [2.05, 4.69) is 22.4 Å². The van der Waals surface area contributed by atoms with E-state index in [0.717, 1.165) is 31.0 Å². The lowest BCUT2D eigenvalue weighted by Crippen LogP contribution is -2.19. The van der Waals surface area contributed by atoms with E-state index in [1.54, 1.807) is 0 Å². The molecule has 19 heavy (non-hydrogen) atoms. The summed E-state index contributed by atoms with van der Waals surface area (Å²) in [6.45, 7) is 3.73. The molecule has 1 aromatic heterocycles. The summed E-state index contributed by atoms with van der Waals surface area (Å²) in [7, 11) is 0. The number of ether oxygens (including phenoxy) is 1. The lowest BCUT2D eigenvalue weighted by atomic mass is 10.0. The van der Waals surface area contributed by atoms with Crippen LogP contribution in [0, 0.1) is 5.92 Å². The van der Waals surface area contributed by atoms with Crippen LogP contribution in [0.3, 0.4) is 0 Å². The number of hydrogen-bond donors (Lipinski definition) is 1. The molecule has 2 N–H and O–H groups in total. The van der Waals surface area contributed by atoms with E-state index >= 15 is 0 Å². The highest BCUT2D eigenvalue weighted by atomic mass is 16.5. The van der Waals surface area contributed by atoms with Gasteiger partial charge in [0.05, 0.1) is 12.6 Å². The molecule has 1 fully saturated rings. The molecule has 2 heterocycles. The van der Waals surface area contributed by atoms with Gasteiger partial charge in [0.2, 0.25) is 0 Å². The van der Waals surface area contributed by atoms with E-state index in [1.807, 2.05) is 28.9 Å². The van der Waals surface area contributed by atoms with Crippen LogP contribution in [-0.4, -0.2) is 33.4 Å². The van der Waals surface area contributed by atoms with Crippen molar-refractivity contribution in [3.63, 3.8) is 0 Å². The average Bonchev–Trinajstić information content (AvgIpc) is 3.09. The Kier molecular flexibility index (Phi) is 3.16. The quantitative estimate of drug-likeness (QED) is 0.845. The summed E-state index contributed by atoms with van der Waals surface area (Å²) in [6, 6.07) is 7.84. The smallest absolute Gasteiger partial charge is 0.182 e. The van der Waals surface area contributed by atoms with E-state index in [4.69, 9.17) is 10.5 Å². The van der Waals surface area contributed by atoms with Gasteiger partial charge >= 0.3 is 0 Å². The van der Waals surface area contributed by atoms with E-state index in [9.17, 15) is 0 Å². The molecule has 3 rings (SSSR count). The fourth-order valence-electron chi connectivity index (χ4n) is 2.47. The molecule has 100 valence electrons. The highest BCUT2D eigenvalue weighted by Crippen LogP contribution is 2.29. The van der Waals surface area contributed by atoms with Crippen LogP contribution in [0.1, 0.15) is 19.4 Å². The SMILES string of the molecule is CC(C1CCOC1)n1nnnc1-c1cccc(N)c1. The number of tetrazole rings is 1. The Morgan fingerprint density at radius 2 is 2.37 bits per heavy atom. The van der Waals surface area contributed by atoms with Crippen LogP contribution in [0.2, 0.25) is 0 Å². The van der Waals surface area contributed by atoms with Gasteiger partial charge in [0, 0.05) is 23.8 Å². The fraction of sp³-hybridized carbons (Fsp3) is 0.462. The molecular formula is C13H17N5O. The third-order valence-corrected chi connectivity index (χ3v) is 3.67. The average molecular weight is 259 g/mol. The molecule has 2 unspecified atom stereocenters. The second-order valence-electron chi connectivity index (χ2n) is 4.94. The lowest BCUT2D eigenvalue weighted by molar-refractivity contribution is 0.173. The van der Waals surface area contributed by atoms with Gasteiger partial charge in [-0.15, -0.1) is 5.10 Å². The Bertz CT molecular complexity index is 562. The highest BCUT2D eigenvalue weighted by Gasteiger charge is 2.26. The topological polar surface area (TPSA) is 78.8 Å². The zero-order valence-corrected chi connectivity index (χ0v) is 10.9. The first-order valence-electron chi connectivity index (χ1n) is 6.47. The van der Waals surface area contributed by atoms with E-state index in [0.29, 0.717) is 11.6 Å². The van der Waals surface area contributed by atoms with Gasteiger partial charge in [0.25, 0.3) is 0 Å². The maximum Gasteiger partial charge on any atom is 0.182 e. The zero-order valence-electron chi connectivity index (χ0n) is 10.9. The summed E-state index contributed by atoms with van der Waals surface area (Å²) in [5.41, 5.74) is 7.47. The van der Waals surface area contributed by atoms with Crippen LogP contribution in [0.15, 0.2) is 24.3 Å². The zero-order chi connectivity index (χ0) is 13.2. The standard InChI is InChI=1S/C13H17N5O/c1-9(11-5-6-19-8-11)18-13(15-16-17-18)10-3-2-4-12(14)7-10/h2-4,7,9,11H,5-6,8,14H2,1H3. The van der Waals surface area contributed by atoms with Crippen molar-refractivity contribution in [2.75, 3.05) is 18.9 Å². The molecule has 6 nitrogen and oxygen atoms in total. The fourth-order valence-corrected chi connectivity index (χ4v) is 2.47. The molecule has 0 saturated carbocycles. The van der Waals surface area contributed by atoms with Crippen molar-refractivity contribution in [1.82, 2.24) is 20.2 Å². The molecule has 2 atom stereocenters. The Morgan fingerprint density at radius 1 is 1.47 bits per heavy atom. The first-order valence-corrected chi connectivity index (χ1v) is 6.47. The van der Waals surface area contributed by atoms with Crippen LogP contribution in [0.4, 0.5) is 5.69 Å².